The Balaban J connectivity index is 1.79. The Morgan fingerprint density at radius 1 is 1.10 bits per heavy atom. The molecule has 3 rings (SSSR count). The van der Waals surface area contributed by atoms with Crippen LogP contribution in [0.1, 0.15) is 48.7 Å². The van der Waals surface area contributed by atoms with E-state index in [1.165, 1.54) is 6.07 Å². The number of rotatable bonds is 8. The molecule has 0 spiro atoms. The van der Waals surface area contributed by atoms with Gasteiger partial charge in [0.05, 0.1) is 17.9 Å². The summed E-state index contributed by atoms with van der Waals surface area (Å²) in [6.45, 7) is 4.19. The first-order valence-corrected chi connectivity index (χ1v) is 10.2. The average Bonchev–Trinajstić information content (AvgIpc) is 2.97. The molecule has 7 heteroatoms. The van der Waals surface area contributed by atoms with E-state index in [-0.39, 0.29) is 28.0 Å². The van der Waals surface area contributed by atoms with Crippen LogP contribution in [0.25, 0.3) is 0 Å². The molecule has 0 saturated carbocycles. The number of anilines is 1. The Morgan fingerprint density at radius 2 is 1.83 bits per heavy atom. The zero-order valence-corrected chi connectivity index (χ0v) is 17.6. The van der Waals surface area contributed by atoms with Gasteiger partial charge in [-0.05, 0) is 37.1 Å². The van der Waals surface area contributed by atoms with Gasteiger partial charge in [0, 0.05) is 6.04 Å². The first-order chi connectivity index (χ1) is 14.4. The van der Waals surface area contributed by atoms with E-state index >= 15 is 0 Å². The molecule has 1 heterocycles. The normalized spacial score (nSPS) is 14.8. The molecule has 0 bridgehead atoms. The van der Waals surface area contributed by atoms with Gasteiger partial charge in [-0.2, -0.15) is 0 Å². The third kappa shape index (κ3) is 4.54. The van der Waals surface area contributed by atoms with Crippen LogP contribution in [0, 0.1) is 0 Å². The summed E-state index contributed by atoms with van der Waals surface area (Å²) in [4.78, 5) is 38.9. The number of benzene rings is 2. The molecule has 6 nitrogen and oxygen atoms in total. The highest BCUT2D eigenvalue weighted by Crippen LogP contribution is 2.30. The van der Waals surface area contributed by atoms with E-state index in [1.54, 1.807) is 18.2 Å². The lowest BCUT2D eigenvalue weighted by molar-refractivity contribution is -0.120. The second kappa shape index (κ2) is 9.59. The molecule has 1 N–H and O–H groups in total. The number of imide groups is 1. The number of esters is 1. The number of ether oxygens (including phenoxy) is 1. The third-order valence-electron chi connectivity index (χ3n) is 4.76. The van der Waals surface area contributed by atoms with Crippen LogP contribution in [0.2, 0.25) is 0 Å². The summed E-state index contributed by atoms with van der Waals surface area (Å²) in [5, 5.41) is 2.86. The second-order valence-corrected chi connectivity index (χ2v) is 7.33. The number of carbonyl (C=O) groups is 3. The standard InChI is InChI=1S/C23H23ClN2O4/c1-3-4-13-30-23(29)17-11-8-12-18(14-17)26-21(27)19(24)20(22(26)28)25-15(2)16-9-6-5-7-10-16/h5-12,14-15,25H,3-4,13H2,1-2H3. The van der Waals surface area contributed by atoms with E-state index in [9.17, 15) is 14.4 Å². The molecule has 0 aromatic heterocycles. The highest BCUT2D eigenvalue weighted by molar-refractivity contribution is 6.52. The van der Waals surface area contributed by atoms with Crippen molar-refractivity contribution in [2.24, 2.45) is 0 Å². The minimum absolute atomic E-state index is 0.0361. The van der Waals surface area contributed by atoms with Crippen LogP contribution < -0.4 is 10.2 Å². The Morgan fingerprint density at radius 3 is 2.53 bits per heavy atom. The van der Waals surface area contributed by atoms with Crippen molar-refractivity contribution in [2.45, 2.75) is 32.7 Å². The van der Waals surface area contributed by atoms with Gasteiger partial charge < -0.3 is 10.1 Å². The lowest BCUT2D eigenvalue weighted by Gasteiger charge is -2.18. The summed E-state index contributed by atoms with van der Waals surface area (Å²) in [6, 6.07) is 15.5. The monoisotopic (exact) mass is 426 g/mol. The van der Waals surface area contributed by atoms with Crippen LogP contribution in [0.3, 0.4) is 0 Å². The van der Waals surface area contributed by atoms with Crippen molar-refractivity contribution in [1.29, 1.82) is 0 Å². The number of amides is 2. The molecule has 156 valence electrons. The molecule has 1 aliphatic heterocycles. The number of hydrogen-bond donors (Lipinski definition) is 1. The largest absolute Gasteiger partial charge is 0.462 e. The van der Waals surface area contributed by atoms with Gasteiger partial charge in [-0.25, -0.2) is 9.69 Å². The van der Waals surface area contributed by atoms with Crippen molar-refractivity contribution in [3.63, 3.8) is 0 Å². The first-order valence-electron chi connectivity index (χ1n) is 9.81. The van der Waals surface area contributed by atoms with Gasteiger partial charge >= 0.3 is 5.97 Å². The van der Waals surface area contributed by atoms with Crippen LogP contribution in [-0.2, 0) is 14.3 Å². The maximum atomic E-state index is 13.0. The van der Waals surface area contributed by atoms with Gasteiger partial charge in [-0.1, -0.05) is 61.3 Å². The summed E-state index contributed by atoms with van der Waals surface area (Å²) in [6.07, 6.45) is 1.67. The van der Waals surface area contributed by atoms with Crippen LogP contribution >= 0.6 is 11.6 Å². The maximum Gasteiger partial charge on any atom is 0.338 e. The number of nitrogens with zero attached hydrogens (tertiary/aromatic N) is 1. The fourth-order valence-electron chi connectivity index (χ4n) is 3.07. The van der Waals surface area contributed by atoms with Crippen molar-refractivity contribution < 1.29 is 19.1 Å². The third-order valence-corrected chi connectivity index (χ3v) is 5.11. The number of hydrogen-bond acceptors (Lipinski definition) is 5. The number of nitrogens with one attached hydrogen (secondary N) is 1. The van der Waals surface area contributed by atoms with Gasteiger partial charge in [0.1, 0.15) is 10.7 Å². The minimum Gasteiger partial charge on any atom is -0.462 e. The van der Waals surface area contributed by atoms with Gasteiger partial charge in [0.15, 0.2) is 0 Å². The van der Waals surface area contributed by atoms with Gasteiger partial charge in [0.25, 0.3) is 11.8 Å². The van der Waals surface area contributed by atoms with Gasteiger partial charge in [0.2, 0.25) is 0 Å². The topological polar surface area (TPSA) is 75.7 Å². The number of unbranched alkanes of at least 4 members (excludes halogenated alkanes) is 1. The fourth-order valence-corrected chi connectivity index (χ4v) is 3.29. The van der Waals surface area contributed by atoms with E-state index in [0.717, 1.165) is 23.3 Å². The molecule has 0 saturated heterocycles. The van der Waals surface area contributed by atoms with Crippen LogP contribution in [0.5, 0.6) is 0 Å². The number of carbonyl (C=O) groups excluding carboxylic acids is 3. The van der Waals surface area contributed by atoms with Crippen LogP contribution in [-0.4, -0.2) is 24.4 Å². The maximum absolute atomic E-state index is 13.0. The van der Waals surface area contributed by atoms with Crippen LogP contribution in [0.15, 0.2) is 65.3 Å². The van der Waals surface area contributed by atoms with Crippen molar-refractivity contribution in [1.82, 2.24) is 5.32 Å². The summed E-state index contributed by atoms with van der Waals surface area (Å²) in [7, 11) is 0. The second-order valence-electron chi connectivity index (χ2n) is 6.95. The molecular weight excluding hydrogens is 404 g/mol. The predicted molar refractivity (Wildman–Crippen MR) is 115 cm³/mol. The van der Waals surface area contributed by atoms with E-state index in [4.69, 9.17) is 16.3 Å². The highest BCUT2D eigenvalue weighted by atomic mass is 35.5. The summed E-state index contributed by atoms with van der Waals surface area (Å²) in [5.74, 6) is -1.70. The van der Waals surface area contributed by atoms with E-state index in [2.05, 4.69) is 5.32 Å². The SMILES string of the molecule is CCCCOC(=O)c1cccc(N2C(=O)C(Cl)=C(NC(C)c3ccccc3)C2=O)c1. The summed E-state index contributed by atoms with van der Waals surface area (Å²) < 4.78 is 5.21. The molecule has 0 fully saturated rings. The Kier molecular flexibility index (Phi) is 6.90. The van der Waals surface area contributed by atoms with E-state index in [1.807, 2.05) is 44.2 Å². The van der Waals surface area contributed by atoms with Gasteiger partial charge in [-0.3, -0.25) is 9.59 Å². The molecule has 30 heavy (non-hydrogen) atoms. The molecule has 1 unspecified atom stereocenters. The molecule has 2 aromatic rings. The molecule has 2 amide bonds. The van der Waals surface area contributed by atoms with Crippen LogP contribution in [0.4, 0.5) is 5.69 Å². The first kappa shape index (κ1) is 21.6. The predicted octanol–water partition coefficient (Wildman–Crippen LogP) is 4.32. The average molecular weight is 427 g/mol. The lowest BCUT2D eigenvalue weighted by Crippen LogP contribution is -2.34. The molecular formula is C23H23ClN2O4. The lowest BCUT2D eigenvalue weighted by atomic mass is 10.1. The zero-order valence-electron chi connectivity index (χ0n) is 16.9. The Labute approximate surface area is 180 Å². The van der Waals surface area contributed by atoms with Crippen molar-refractivity contribution >= 4 is 35.1 Å². The molecule has 1 atom stereocenters. The van der Waals surface area contributed by atoms with E-state index in [0.29, 0.717) is 6.61 Å². The highest BCUT2D eigenvalue weighted by Gasteiger charge is 2.39. The Hall–Kier alpha value is -3.12. The number of halogens is 1. The fraction of sp³-hybridized carbons (Fsp3) is 0.261. The van der Waals surface area contributed by atoms with Crippen molar-refractivity contribution in [3.05, 3.63) is 76.5 Å². The molecule has 0 aliphatic carbocycles. The molecule has 0 radical (unpaired) electrons. The summed E-state index contributed by atoms with van der Waals surface area (Å²) >= 11 is 6.20. The molecule has 1 aliphatic rings. The van der Waals surface area contributed by atoms with E-state index < -0.39 is 17.8 Å². The Bertz CT molecular complexity index is 988. The van der Waals surface area contributed by atoms with Crippen molar-refractivity contribution in [2.75, 3.05) is 11.5 Å². The van der Waals surface area contributed by atoms with Crippen molar-refractivity contribution in [3.8, 4) is 0 Å². The smallest absolute Gasteiger partial charge is 0.338 e. The van der Waals surface area contributed by atoms with Gasteiger partial charge in [-0.15, -0.1) is 0 Å². The molecule has 2 aromatic carbocycles. The summed E-state index contributed by atoms with van der Waals surface area (Å²) in [5.41, 5.74) is 1.51. The minimum atomic E-state index is -0.638. The zero-order chi connectivity index (χ0) is 21.7. The quantitative estimate of drug-likeness (QED) is 0.386.